The lowest BCUT2D eigenvalue weighted by Crippen LogP contribution is -2.46. The smallest absolute Gasteiger partial charge is 0.310 e. The maximum atomic E-state index is 11.9. The first-order valence-corrected chi connectivity index (χ1v) is 10.6. The van der Waals surface area contributed by atoms with E-state index >= 15 is 0 Å². The van der Waals surface area contributed by atoms with Crippen LogP contribution in [0.15, 0.2) is 4.99 Å². The molecule has 7 nitrogen and oxygen atoms in total. The number of nitrogens with one attached hydrogen (secondary N) is 1. The van der Waals surface area contributed by atoms with Gasteiger partial charge in [0, 0.05) is 52.4 Å². The monoisotopic (exact) mass is 381 g/mol. The molecule has 2 fully saturated rings. The van der Waals surface area contributed by atoms with Gasteiger partial charge in [-0.3, -0.25) is 9.79 Å². The van der Waals surface area contributed by atoms with Crippen molar-refractivity contribution in [1.82, 2.24) is 20.0 Å². The predicted octanol–water partition coefficient (Wildman–Crippen LogP) is 1.11. The van der Waals surface area contributed by atoms with Gasteiger partial charge in [0.25, 0.3) is 0 Å². The first-order valence-electron chi connectivity index (χ1n) is 10.6. The first-order chi connectivity index (χ1) is 13.1. The zero-order chi connectivity index (χ0) is 19.6. The van der Waals surface area contributed by atoms with Gasteiger partial charge in [-0.2, -0.15) is 0 Å². The minimum atomic E-state index is -0.107. The van der Waals surface area contributed by atoms with Gasteiger partial charge in [0.1, 0.15) is 0 Å². The number of likely N-dealkylation sites (tertiary alicyclic amines) is 1. The molecule has 2 saturated heterocycles. The van der Waals surface area contributed by atoms with Gasteiger partial charge in [0.2, 0.25) is 0 Å². The molecular formula is C20H39N5O2. The Morgan fingerprint density at radius 2 is 1.81 bits per heavy atom. The van der Waals surface area contributed by atoms with E-state index in [1.807, 2.05) is 0 Å². The lowest BCUT2D eigenvalue weighted by molar-refractivity contribution is -0.145. The fraction of sp³-hybridized carbons (Fsp3) is 0.900. The molecule has 2 rings (SSSR count). The van der Waals surface area contributed by atoms with Crippen molar-refractivity contribution in [3.05, 3.63) is 0 Å². The average Bonchev–Trinajstić information content (AvgIpc) is 3.08. The summed E-state index contributed by atoms with van der Waals surface area (Å²) in [5.74, 6) is 1.07. The number of piperazine rings is 1. The van der Waals surface area contributed by atoms with E-state index in [2.05, 4.69) is 40.8 Å². The minimum absolute atomic E-state index is 0.0550. The van der Waals surface area contributed by atoms with Crippen molar-refractivity contribution in [1.29, 1.82) is 0 Å². The molecule has 2 heterocycles. The van der Waals surface area contributed by atoms with Gasteiger partial charge in [0.05, 0.1) is 13.0 Å². The molecule has 0 aromatic heterocycles. The quantitative estimate of drug-likeness (QED) is 0.294. The summed E-state index contributed by atoms with van der Waals surface area (Å²) in [5.41, 5.74) is 0. The number of carbonyl (C=O) groups is 1. The Bertz CT molecular complexity index is 477. The zero-order valence-corrected chi connectivity index (χ0v) is 17.7. The van der Waals surface area contributed by atoms with Crippen LogP contribution in [0.4, 0.5) is 0 Å². The van der Waals surface area contributed by atoms with E-state index in [-0.39, 0.29) is 11.9 Å². The molecule has 7 heteroatoms. The largest absolute Gasteiger partial charge is 0.469 e. The first kappa shape index (κ1) is 22.0. The van der Waals surface area contributed by atoms with Crippen LogP contribution < -0.4 is 5.32 Å². The third-order valence-corrected chi connectivity index (χ3v) is 5.81. The summed E-state index contributed by atoms with van der Waals surface area (Å²) in [6, 6.07) is 0. The summed E-state index contributed by atoms with van der Waals surface area (Å²) >= 11 is 0. The van der Waals surface area contributed by atoms with Crippen LogP contribution >= 0.6 is 0 Å². The Labute approximate surface area is 165 Å². The Kier molecular flexibility index (Phi) is 9.34. The summed E-state index contributed by atoms with van der Waals surface area (Å²) in [6.07, 6.45) is 2.29. The Morgan fingerprint density at radius 1 is 1.11 bits per heavy atom. The van der Waals surface area contributed by atoms with Crippen LogP contribution in [0.2, 0.25) is 0 Å². The molecule has 0 radical (unpaired) electrons. The van der Waals surface area contributed by atoms with Crippen LogP contribution in [-0.4, -0.2) is 99.2 Å². The second-order valence-corrected chi connectivity index (χ2v) is 7.73. The summed E-state index contributed by atoms with van der Waals surface area (Å²) in [4.78, 5) is 24.0. The fourth-order valence-electron chi connectivity index (χ4n) is 3.99. The van der Waals surface area contributed by atoms with E-state index in [1.165, 1.54) is 52.8 Å². The molecule has 2 unspecified atom stereocenters. The summed E-state index contributed by atoms with van der Waals surface area (Å²) < 4.78 is 4.94. The number of hydrogen-bond acceptors (Lipinski definition) is 5. The molecular weight excluding hydrogens is 342 g/mol. The molecule has 0 saturated carbocycles. The lowest BCUT2D eigenvalue weighted by atomic mass is 9.99. The number of aliphatic imine (C=N–C) groups is 1. The van der Waals surface area contributed by atoms with Gasteiger partial charge in [-0.15, -0.1) is 0 Å². The number of carbonyl (C=O) groups excluding carboxylic acids is 1. The molecule has 156 valence electrons. The van der Waals surface area contributed by atoms with E-state index in [1.54, 1.807) is 0 Å². The Balaban J connectivity index is 1.73. The predicted molar refractivity (Wildman–Crippen MR) is 110 cm³/mol. The number of methoxy groups -OCH3 is 1. The number of guanidine groups is 1. The fourth-order valence-corrected chi connectivity index (χ4v) is 3.99. The van der Waals surface area contributed by atoms with Gasteiger partial charge in [-0.1, -0.05) is 13.8 Å². The van der Waals surface area contributed by atoms with Crippen LogP contribution in [0, 0.1) is 11.8 Å². The summed E-state index contributed by atoms with van der Waals surface area (Å²) in [7, 11) is 1.47. The zero-order valence-electron chi connectivity index (χ0n) is 17.7. The van der Waals surface area contributed by atoms with Crippen molar-refractivity contribution in [3.63, 3.8) is 0 Å². The van der Waals surface area contributed by atoms with E-state index < -0.39 is 0 Å². The molecule has 0 aliphatic carbocycles. The maximum absolute atomic E-state index is 11.9. The van der Waals surface area contributed by atoms with E-state index in [4.69, 9.17) is 9.73 Å². The summed E-state index contributed by atoms with van der Waals surface area (Å²) in [6.45, 7) is 16.8. The maximum Gasteiger partial charge on any atom is 0.310 e. The average molecular weight is 382 g/mol. The number of unbranched alkanes of at least 4 members (excludes halogenated alkanes) is 1. The van der Waals surface area contributed by atoms with Crippen molar-refractivity contribution in [2.45, 2.75) is 33.6 Å². The normalized spacial score (nSPS) is 25.0. The number of esters is 1. The van der Waals surface area contributed by atoms with Crippen molar-refractivity contribution in [2.24, 2.45) is 16.8 Å². The highest BCUT2D eigenvalue weighted by Crippen LogP contribution is 2.24. The van der Waals surface area contributed by atoms with Crippen LogP contribution in [-0.2, 0) is 9.53 Å². The summed E-state index contributed by atoms with van der Waals surface area (Å²) in [5, 5.41) is 3.38. The highest BCUT2D eigenvalue weighted by Gasteiger charge is 2.36. The molecule has 0 bridgehead atoms. The van der Waals surface area contributed by atoms with Crippen LogP contribution in [0.1, 0.15) is 33.6 Å². The molecule has 0 aromatic rings. The molecule has 0 aromatic carbocycles. The number of hydrogen-bond donors (Lipinski definition) is 1. The number of likely N-dealkylation sites (N-methyl/N-ethyl adjacent to an activating group) is 1. The number of nitrogens with zero attached hydrogens (tertiary/aromatic N) is 4. The third kappa shape index (κ3) is 6.64. The highest BCUT2D eigenvalue weighted by atomic mass is 16.5. The van der Waals surface area contributed by atoms with Crippen molar-refractivity contribution in [3.8, 4) is 0 Å². The standard InChI is InChI=1S/C20H39N5O2/c1-5-21-20(25-15-17(3)18(16-25)19(26)27-4)22-9-7-8-10-24-13-11-23(6-2)12-14-24/h17-18H,5-16H2,1-4H3,(H,21,22). The van der Waals surface area contributed by atoms with Gasteiger partial charge >= 0.3 is 5.97 Å². The third-order valence-electron chi connectivity index (χ3n) is 5.81. The van der Waals surface area contributed by atoms with Crippen molar-refractivity contribution >= 4 is 11.9 Å². The Morgan fingerprint density at radius 3 is 2.44 bits per heavy atom. The van der Waals surface area contributed by atoms with Crippen LogP contribution in [0.5, 0.6) is 0 Å². The molecule has 27 heavy (non-hydrogen) atoms. The van der Waals surface area contributed by atoms with Crippen LogP contribution in [0.25, 0.3) is 0 Å². The van der Waals surface area contributed by atoms with E-state index in [0.29, 0.717) is 12.5 Å². The van der Waals surface area contributed by atoms with Gasteiger partial charge < -0.3 is 24.8 Å². The van der Waals surface area contributed by atoms with Gasteiger partial charge in [-0.05, 0) is 38.8 Å². The second-order valence-electron chi connectivity index (χ2n) is 7.73. The molecule has 0 amide bonds. The number of rotatable bonds is 8. The topological polar surface area (TPSA) is 60.4 Å². The highest BCUT2D eigenvalue weighted by molar-refractivity contribution is 5.82. The molecule has 2 atom stereocenters. The molecule has 1 N–H and O–H groups in total. The molecule has 2 aliphatic heterocycles. The SMILES string of the molecule is CCNC(=NCCCCN1CCN(CC)CC1)N1CC(C)C(C(=O)OC)C1. The van der Waals surface area contributed by atoms with Gasteiger partial charge in [0.15, 0.2) is 5.96 Å². The van der Waals surface area contributed by atoms with Crippen molar-refractivity contribution in [2.75, 3.05) is 72.6 Å². The Hall–Kier alpha value is -1.34. The van der Waals surface area contributed by atoms with E-state index in [0.717, 1.165) is 32.0 Å². The second kappa shape index (κ2) is 11.5. The lowest BCUT2D eigenvalue weighted by Gasteiger charge is -2.33. The molecule has 2 aliphatic rings. The minimum Gasteiger partial charge on any atom is -0.469 e. The van der Waals surface area contributed by atoms with Crippen molar-refractivity contribution < 1.29 is 9.53 Å². The molecule has 0 spiro atoms. The number of ether oxygens (including phenoxy) is 1. The van der Waals surface area contributed by atoms with Crippen LogP contribution in [0.3, 0.4) is 0 Å². The van der Waals surface area contributed by atoms with E-state index in [9.17, 15) is 4.79 Å². The van der Waals surface area contributed by atoms with Gasteiger partial charge in [-0.25, -0.2) is 0 Å².